The minimum atomic E-state index is -3.67. The number of fused-ring (bicyclic) bond motifs is 3. The lowest BCUT2D eigenvalue weighted by atomic mass is 10.1. The fraction of sp³-hybridized carbons (Fsp3) is 0.278. The van der Waals surface area contributed by atoms with Crippen molar-refractivity contribution in [2.24, 2.45) is 0 Å². The van der Waals surface area contributed by atoms with Gasteiger partial charge >= 0.3 is 0 Å². The molecule has 0 saturated carbocycles. The second-order valence-electron chi connectivity index (χ2n) is 5.21. The predicted molar refractivity (Wildman–Crippen MR) is 102 cm³/mol. The van der Waals surface area contributed by atoms with Crippen LogP contribution >= 0.6 is 11.3 Å². The van der Waals surface area contributed by atoms with Crippen molar-refractivity contribution < 1.29 is 18.1 Å². The summed E-state index contributed by atoms with van der Waals surface area (Å²) >= 11 is 1.60. The number of nitrogens with zero attached hydrogens (tertiary/aromatic N) is 1. The third-order valence-corrected chi connectivity index (χ3v) is 5.04. The van der Waals surface area contributed by atoms with E-state index in [0.29, 0.717) is 12.8 Å². The molecule has 0 unspecified atom stereocenters. The number of aromatic nitrogens is 1. The van der Waals surface area contributed by atoms with Crippen LogP contribution < -0.4 is 0 Å². The van der Waals surface area contributed by atoms with Crippen molar-refractivity contribution in [2.75, 3.05) is 12.4 Å². The van der Waals surface area contributed by atoms with Gasteiger partial charge in [-0.25, -0.2) is 4.98 Å². The number of aliphatic hydroxyl groups excluding tert-OH is 1. The summed E-state index contributed by atoms with van der Waals surface area (Å²) in [6.07, 6.45) is 0.968. The molecule has 2 N–H and O–H groups in total. The van der Waals surface area contributed by atoms with Crippen molar-refractivity contribution in [3.05, 3.63) is 41.4 Å². The van der Waals surface area contributed by atoms with E-state index in [1.165, 1.54) is 10.8 Å². The molecule has 2 aromatic carbocycles. The molecule has 0 bridgehead atoms. The van der Waals surface area contributed by atoms with Gasteiger partial charge in [0.2, 0.25) is 0 Å². The third kappa shape index (κ3) is 5.80. The molecule has 0 spiro atoms. The Morgan fingerprint density at radius 1 is 1.20 bits per heavy atom. The molecule has 0 atom stereocenters. The molecule has 0 radical (unpaired) electrons. The lowest BCUT2D eigenvalue weighted by molar-refractivity contribution is 0.305. The maximum Gasteiger partial charge on any atom is 0.264 e. The molecule has 3 aromatic rings. The van der Waals surface area contributed by atoms with Crippen LogP contribution in [0.15, 0.2) is 36.4 Å². The molecule has 3 rings (SSSR count). The zero-order chi connectivity index (χ0) is 18.3. The number of hydrogen-bond acceptors (Lipinski definition) is 5. The maximum absolute atomic E-state index is 9.79. The standard InChI is InChI=1S/C15H11NOS.C3H8O3S/c17-10-4-3-7-14-16-15-12-6-2-1-5-11(12)8-9-13(15)18-14;1-2-3-7(4,5)6/h1-2,5-6,8-9,17H,4,10H2;2-3H2,1H3,(H,4,5,6). The van der Waals surface area contributed by atoms with Crippen molar-refractivity contribution in [1.82, 2.24) is 4.98 Å². The van der Waals surface area contributed by atoms with E-state index < -0.39 is 10.1 Å². The van der Waals surface area contributed by atoms with Crippen molar-refractivity contribution in [3.8, 4) is 11.8 Å². The van der Waals surface area contributed by atoms with Crippen molar-refractivity contribution in [2.45, 2.75) is 19.8 Å². The molecule has 0 aliphatic heterocycles. The first kappa shape index (κ1) is 19.3. The first-order valence-electron chi connectivity index (χ1n) is 7.77. The van der Waals surface area contributed by atoms with Crippen molar-refractivity contribution in [1.29, 1.82) is 0 Å². The normalized spacial score (nSPS) is 10.8. The highest BCUT2D eigenvalue weighted by molar-refractivity contribution is 7.85. The van der Waals surface area contributed by atoms with E-state index in [1.54, 1.807) is 18.3 Å². The predicted octanol–water partition coefficient (Wildman–Crippen LogP) is 3.47. The van der Waals surface area contributed by atoms with Crippen LogP contribution in [0, 0.1) is 11.8 Å². The average Bonchev–Trinajstić information content (AvgIpc) is 2.98. The van der Waals surface area contributed by atoms with Gasteiger partial charge in [-0.1, -0.05) is 43.2 Å². The van der Waals surface area contributed by atoms with Crippen LogP contribution in [0.25, 0.3) is 21.0 Å². The van der Waals surface area contributed by atoms with E-state index in [1.807, 2.05) is 12.1 Å². The smallest absolute Gasteiger partial charge is 0.264 e. The zero-order valence-corrected chi connectivity index (χ0v) is 15.4. The van der Waals surface area contributed by atoms with Gasteiger partial charge in [0.25, 0.3) is 10.1 Å². The Kier molecular flexibility index (Phi) is 6.91. The highest BCUT2D eigenvalue weighted by Gasteiger charge is 2.05. The summed E-state index contributed by atoms with van der Waals surface area (Å²) in [5, 5.41) is 11.9. The van der Waals surface area contributed by atoms with Crippen LogP contribution in [0.2, 0.25) is 0 Å². The molecule has 1 heterocycles. The van der Waals surface area contributed by atoms with E-state index in [2.05, 4.69) is 41.1 Å². The van der Waals surface area contributed by atoms with Gasteiger partial charge in [0, 0.05) is 11.8 Å². The fourth-order valence-corrected chi connectivity index (χ4v) is 3.54. The Bertz CT molecular complexity index is 1010. The summed E-state index contributed by atoms with van der Waals surface area (Å²) in [5.41, 5.74) is 1.02. The second-order valence-corrected chi connectivity index (χ2v) is 7.82. The molecule has 0 amide bonds. The summed E-state index contributed by atoms with van der Waals surface area (Å²) in [6, 6.07) is 12.4. The SMILES string of the molecule is CCCS(=O)(=O)O.OCCC#Cc1nc2c(ccc3ccccc32)s1. The fourth-order valence-electron chi connectivity index (χ4n) is 2.17. The van der Waals surface area contributed by atoms with Crippen LogP contribution in [0.3, 0.4) is 0 Å². The Morgan fingerprint density at radius 2 is 1.96 bits per heavy atom. The van der Waals surface area contributed by atoms with Crippen LogP contribution in [-0.4, -0.2) is 35.4 Å². The summed E-state index contributed by atoms with van der Waals surface area (Å²) in [4.78, 5) is 4.58. The molecule has 7 heteroatoms. The van der Waals surface area contributed by atoms with Crippen LogP contribution in [0.1, 0.15) is 24.8 Å². The molecule has 0 aliphatic rings. The summed E-state index contributed by atoms with van der Waals surface area (Å²) in [5.74, 6) is 5.77. The van der Waals surface area contributed by atoms with Gasteiger partial charge in [0.1, 0.15) is 0 Å². The van der Waals surface area contributed by atoms with E-state index in [9.17, 15) is 8.42 Å². The molecular weight excluding hydrogens is 358 g/mol. The highest BCUT2D eigenvalue weighted by atomic mass is 32.2. The van der Waals surface area contributed by atoms with Crippen LogP contribution in [0.5, 0.6) is 0 Å². The van der Waals surface area contributed by atoms with Crippen molar-refractivity contribution >= 4 is 42.4 Å². The Morgan fingerprint density at radius 3 is 2.60 bits per heavy atom. The molecule has 132 valence electrons. The molecule has 5 nitrogen and oxygen atoms in total. The van der Waals surface area contributed by atoms with E-state index in [-0.39, 0.29) is 12.4 Å². The summed E-state index contributed by atoms with van der Waals surface area (Å²) < 4.78 is 28.7. The van der Waals surface area contributed by atoms with Gasteiger partial charge in [-0.3, -0.25) is 4.55 Å². The van der Waals surface area contributed by atoms with Gasteiger partial charge in [-0.05, 0) is 23.8 Å². The number of benzene rings is 2. The average molecular weight is 377 g/mol. The molecular formula is C18H19NO4S2. The Balaban J connectivity index is 0.000000277. The highest BCUT2D eigenvalue weighted by Crippen LogP contribution is 2.28. The lowest BCUT2D eigenvalue weighted by Crippen LogP contribution is -2.01. The first-order chi connectivity index (χ1) is 11.9. The second kappa shape index (κ2) is 8.92. The van der Waals surface area contributed by atoms with Gasteiger partial charge in [-0.2, -0.15) is 8.42 Å². The van der Waals surface area contributed by atoms with Gasteiger partial charge in [0.15, 0.2) is 5.01 Å². The maximum atomic E-state index is 9.79. The molecule has 25 heavy (non-hydrogen) atoms. The minimum absolute atomic E-state index is 0.0980. The topological polar surface area (TPSA) is 87.5 Å². The van der Waals surface area contributed by atoms with Gasteiger partial charge < -0.3 is 5.11 Å². The summed E-state index contributed by atoms with van der Waals surface area (Å²) in [7, 11) is -3.67. The van der Waals surface area contributed by atoms with E-state index in [4.69, 9.17) is 9.66 Å². The molecule has 0 aliphatic carbocycles. The van der Waals surface area contributed by atoms with E-state index in [0.717, 1.165) is 15.2 Å². The quantitative estimate of drug-likeness (QED) is 0.539. The molecule has 0 fully saturated rings. The number of aliphatic hydroxyl groups is 1. The van der Waals surface area contributed by atoms with Crippen LogP contribution in [0.4, 0.5) is 0 Å². The largest absolute Gasteiger partial charge is 0.395 e. The third-order valence-electron chi connectivity index (χ3n) is 3.18. The monoisotopic (exact) mass is 377 g/mol. The number of hydrogen-bond donors (Lipinski definition) is 2. The van der Waals surface area contributed by atoms with Gasteiger partial charge in [-0.15, -0.1) is 11.3 Å². The summed E-state index contributed by atoms with van der Waals surface area (Å²) in [6.45, 7) is 1.79. The molecule has 1 aromatic heterocycles. The molecule has 0 saturated heterocycles. The number of rotatable bonds is 3. The van der Waals surface area contributed by atoms with Crippen LogP contribution in [-0.2, 0) is 10.1 Å². The van der Waals surface area contributed by atoms with Gasteiger partial charge in [0.05, 0.1) is 22.6 Å². The zero-order valence-electron chi connectivity index (χ0n) is 13.8. The first-order valence-corrected chi connectivity index (χ1v) is 10.2. The minimum Gasteiger partial charge on any atom is -0.395 e. The van der Waals surface area contributed by atoms with Crippen molar-refractivity contribution in [3.63, 3.8) is 0 Å². The number of thiazole rings is 1. The Hall–Kier alpha value is -1.98. The lowest BCUT2D eigenvalue weighted by Gasteiger charge is -1.96. The van der Waals surface area contributed by atoms with E-state index >= 15 is 0 Å². The Labute approximate surface area is 151 Å².